The van der Waals surface area contributed by atoms with Crippen LogP contribution >= 0.6 is 0 Å². The maximum Gasteiger partial charge on any atom is 0.124 e. The fraction of sp³-hybridized carbons (Fsp3) is 0.389. The number of nitrogens with zero attached hydrogens (tertiary/aromatic N) is 2. The van der Waals surface area contributed by atoms with Crippen LogP contribution in [0.1, 0.15) is 35.1 Å². The van der Waals surface area contributed by atoms with E-state index in [0.717, 1.165) is 25.1 Å². The van der Waals surface area contributed by atoms with Crippen LogP contribution in [0.4, 0.5) is 0 Å². The summed E-state index contributed by atoms with van der Waals surface area (Å²) in [6, 6.07) is 9.29. The lowest BCUT2D eigenvalue weighted by Crippen LogP contribution is -2.47. The predicted octanol–water partition coefficient (Wildman–Crippen LogP) is 3.28. The van der Waals surface area contributed by atoms with Gasteiger partial charge in [-0.15, -0.1) is 0 Å². The van der Waals surface area contributed by atoms with Gasteiger partial charge in [-0.25, -0.2) is 0 Å². The number of likely N-dealkylation sites (N-methyl/N-ethyl adjacent to an activating group) is 1. The van der Waals surface area contributed by atoms with Gasteiger partial charge in [0.1, 0.15) is 6.26 Å². The summed E-state index contributed by atoms with van der Waals surface area (Å²) >= 11 is 0. The normalized spacial score (nSPS) is 28.0. The van der Waals surface area contributed by atoms with Crippen LogP contribution in [0, 0.1) is 0 Å². The zero-order valence-electron chi connectivity index (χ0n) is 12.6. The van der Waals surface area contributed by atoms with Gasteiger partial charge in [0.2, 0.25) is 0 Å². The maximum atomic E-state index is 5.07. The Morgan fingerprint density at radius 3 is 3.14 bits per heavy atom. The minimum absolute atomic E-state index is 0.459. The molecule has 2 aromatic heterocycles. The number of rotatable bonds is 1. The van der Waals surface area contributed by atoms with E-state index in [1.165, 1.54) is 22.0 Å². The van der Waals surface area contributed by atoms with E-state index >= 15 is 0 Å². The van der Waals surface area contributed by atoms with Gasteiger partial charge in [0.15, 0.2) is 0 Å². The van der Waals surface area contributed by atoms with Gasteiger partial charge < -0.3 is 14.4 Å². The minimum Gasteiger partial charge on any atom is -0.365 e. The molecule has 22 heavy (non-hydrogen) atoms. The molecule has 1 saturated heterocycles. The third-order valence-electron chi connectivity index (χ3n) is 5.60. The highest BCUT2D eigenvalue weighted by Gasteiger charge is 2.40. The summed E-state index contributed by atoms with van der Waals surface area (Å²) in [5, 5.41) is 5.64. The largest absolute Gasteiger partial charge is 0.365 e. The van der Waals surface area contributed by atoms with E-state index in [-0.39, 0.29) is 0 Å². The molecule has 3 heterocycles. The second-order valence-corrected chi connectivity index (χ2v) is 6.76. The molecule has 0 amide bonds. The van der Waals surface area contributed by atoms with Crippen molar-refractivity contribution in [3.63, 3.8) is 0 Å². The monoisotopic (exact) mass is 293 g/mol. The number of piperidine rings is 1. The van der Waals surface area contributed by atoms with Crippen molar-refractivity contribution in [2.75, 3.05) is 13.6 Å². The topological polar surface area (TPSA) is 45.1 Å². The number of nitrogens with one attached hydrogen (secondary N) is 1. The van der Waals surface area contributed by atoms with Crippen LogP contribution in [0.25, 0.3) is 10.9 Å². The van der Waals surface area contributed by atoms with E-state index in [2.05, 4.69) is 46.5 Å². The Balaban J connectivity index is 1.62. The van der Waals surface area contributed by atoms with E-state index in [9.17, 15) is 0 Å². The first-order chi connectivity index (χ1) is 10.8. The molecule has 1 aliphatic carbocycles. The van der Waals surface area contributed by atoms with Crippen molar-refractivity contribution in [2.24, 2.45) is 0 Å². The van der Waals surface area contributed by atoms with Crippen LogP contribution in [-0.4, -0.2) is 34.7 Å². The summed E-state index contributed by atoms with van der Waals surface area (Å²) < 4.78 is 5.07. The highest BCUT2D eigenvalue weighted by atomic mass is 16.5. The standard InChI is InChI=1S/C18H19N3O/c1-21-10-12(15-5-6-22-20-15)7-14-13-3-2-4-16-18(13)11(9-19-16)8-17(14)21/h2-6,9,12,14,17,19H,7-8,10H2,1H3/t12?,14-,17-/m1/s1. The van der Waals surface area contributed by atoms with Crippen molar-refractivity contribution >= 4 is 10.9 Å². The lowest BCUT2D eigenvalue weighted by molar-refractivity contribution is 0.137. The minimum atomic E-state index is 0.459. The number of hydrogen-bond acceptors (Lipinski definition) is 3. The fourth-order valence-electron chi connectivity index (χ4n) is 4.59. The molecule has 0 radical (unpaired) electrons. The first kappa shape index (κ1) is 12.5. The molecule has 112 valence electrons. The molecule has 4 nitrogen and oxygen atoms in total. The van der Waals surface area contributed by atoms with E-state index < -0.39 is 0 Å². The molecule has 2 aliphatic rings. The van der Waals surface area contributed by atoms with Gasteiger partial charge in [-0.3, -0.25) is 0 Å². The molecular weight excluding hydrogens is 274 g/mol. The zero-order chi connectivity index (χ0) is 14.7. The summed E-state index contributed by atoms with van der Waals surface area (Å²) in [5.74, 6) is 1.04. The molecule has 1 aliphatic heterocycles. The third-order valence-corrected chi connectivity index (χ3v) is 5.60. The van der Waals surface area contributed by atoms with Crippen molar-refractivity contribution in [1.29, 1.82) is 0 Å². The number of benzene rings is 1. The molecule has 4 heteroatoms. The number of H-pyrrole nitrogens is 1. The van der Waals surface area contributed by atoms with Crippen molar-refractivity contribution in [3.8, 4) is 0 Å². The first-order valence-corrected chi connectivity index (χ1v) is 8.00. The van der Waals surface area contributed by atoms with Crippen molar-refractivity contribution < 1.29 is 4.52 Å². The quantitative estimate of drug-likeness (QED) is 0.749. The van der Waals surface area contributed by atoms with Crippen LogP contribution in [0.5, 0.6) is 0 Å². The van der Waals surface area contributed by atoms with Gasteiger partial charge in [0, 0.05) is 47.6 Å². The molecular formula is C18H19N3O. The molecule has 3 aromatic rings. The maximum absolute atomic E-state index is 5.07. The van der Waals surface area contributed by atoms with Gasteiger partial charge in [0.25, 0.3) is 0 Å². The second kappa shape index (κ2) is 4.46. The van der Waals surface area contributed by atoms with Crippen molar-refractivity contribution in [3.05, 3.63) is 53.5 Å². The Kier molecular flexibility index (Phi) is 2.53. The van der Waals surface area contributed by atoms with Crippen LogP contribution in [0.3, 0.4) is 0 Å². The third kappa shape index (κ3) is 1.64. The van der Waals surface area contributed by atoms with Crippen LogP contribution in [0.2, 0.25) is 0 Å². The highest BCUT2D eigenvalue weighted by Crippen LogP contribution is 2.46. The lowest BCUT2D eigenvalue weighted by atomic mass is 9.72. The van der Waals surface area contributed by atoms with Gasteiger partial charge in [0.05, 0.1) is 5.69 Å². The van der Waals surface area contributed by atoms with Gasteiger partial charge >= 0.3 is 0 Å². The molecule has 5 rings (SSSR count). The Hall–Kier alpha value is -2.07. The smallest absolute Gasteiger partial charge is 0.124 e. The number of fused-ring (bicyclic) bond motifs is 2. The van der Waals surface area contributed by atoms with Crippen molar-refractivity contribution in [2.45, 2.75) is 30.7 Å². The van der Waals surface area contributed by atoms with E-state index in [0.29, 0.717) is 17.9 Å². The molecule has 1 N–H and O–H groups in total. The summed E-state index contributed by atoms with van der Waals surface area (Å²) in [7, 11) is 2.25. The summed E-state index contributed by atoms with van der Waals surface area (Å²) in [6.45, 7) is 1.06. The second-order valence-electron chi connectivity index (χ2n) is 6.76. The number of likely N-dealkylation sites (tertiary alicyclic amines) is 1. The van der Waals surface area contributed by atoms with E-state index in [1.54, 1.807) is 6.26 Å². The Morgan fingerprint density at radius 1 is 1.32 bits per heavy atom. The summed E-state index contributed by atoms with van der Waals surface area (Å²) in [4.78, 5) is 5.95. The van der Waals surface area contributed by atoms with E-state index in [1.807, 2.05) is 6.07 Å². The number of hydrogen-bond donors (Lipinski definition) is 1. The fourth-order valence-corrected chi connectivity index (χ4v) is 4.59. The van der Waals surface area contributed by atoms with Crippen LogP contribution in [0.15, 0.2) is 41.2 Å². The SMILES string of the molecule is CN1CC(c2ccon2)C[C@@H]2c3cccc4[nH]cc(c34)C[C@H]21. The lowest BCUT2D eigenvalue weighted by Gasteiger charge is -2.45. The number of aromatic amines is 1. The van der Waals surface area contributed by atoms with Gasteiger partial charge in [-0.1, -0.05) is 17.3 Å². The molecule has 1 aromatic carbocycles. The average molecular weight is 293 g/mol. The zero-order valence-corrected chi connectivity index (χ0v) is 12.6. The summed E-state index contributed by atoms with van der Waals surface area (Å²) in [6.07, 6.45) is 6.18. The summed E-state index contributed by atoms with van der Waals surface area (Å²) in [5.41, 5.74) is 5.35. The number of aromatic nitrogens is 2. The molecule has 3 atom stereocenters. The molecule has 0 spiro atoms. The Morgan fingerprint density at radius 2 is 2.27 bits per heavy atom. The van der Waals surface area contributed by atoms with Crippen LogP contribution < -0.4 is 0 Å². The Bertz CT molecular complexity index is 820. The van der Waals surface area contributed by atoms with Crippen LogP contribution in [-0.2, 0) is 6.42 Å². The van der Waals surface area contributed by atoms with E-state index in [4.69, 9.17) is 4.52 Å². The van der Waals surface area contributed by atoms with Gasteiger partial charge in [-0.05, 0) is 37.1 Å². The average Bonchev–Trinajstić information content (AvgIpc) is 3.19. The first-order valence-electron chi connectivity index (χ1n) is 8.00. The molecule has 1 unspecified atom stereocenters. The predicted molar refractivity (Wildman–Crippen MR) is 85.0 cm³/mol. The van der Waals surface area contributed by atoms with Gasteiger partial charge in [-0.2, -0.15) is 0 Å². The Labute approximate surface area is 129 Å². The molecule has 0 bridgehead atoms. The molecule has 0 saturated carbocycles. The molecule has 1 fully saturated rings. The van der Waals surface area contributed by atoms with Crippen molar-refractivity contribution in [1.82, 2.24) is 15.0 Å². The highest BCUT2D eigenvalue weighted by molar-refractivity contribution is 5.88.